The first-order valence-corrected chi connectivity index (χ1v) is 4.73. The molecule has 0 saturated heterocycles. The molecule has 5 heteroatoms. The van der Waals surface area contributed by atoms with Crippen LogP contribution in [0.4, 0.5) is 17.5 Å². The zero-order valence-electron chi connectivity index (χ0n) is 7.81. The van der Waals surface area contributed by atoms with Gasteiger partial charge in [0.15, 0.2) is 0 Å². The minimum absolute atomic E-state index is 0.244. The summed E-state index contributed by atoms with van der Waals surface area (Å²) in [5.41, 5.74) is 6.35. The number of benzene rings is 1. The predicted octanol–water partition coefficient (Wildman–Crippen LogP) is 2.46. The Morgan fingerprint density at radius 1 is 1.13 bits per heavy atom. The molecule has 0 saturated carbocycles. The van der Waals surface area contributed by atoms with Crippen LogP contribution in [0, 0.1) is 0 Å². The minimum Gasteiger partial charge on any atom is -0.368 e. The molecule has 76 valence electrons. The maximum absolute atomic E-state index is 5.77. The van der Waals surface area contributed by atoms with Gasteiger partial charge in [0.1, 0.15) is 5.82 Å². The van der Waals surface area contributed by atoms with Gasteiger partial charge < -0.3 is 11.1 Å². The van der Waals surface area contributed by atoms with Crippen LogP contribution < -0.4 is 11.1 Å². The molecular weight excluding hydrogens is 212 g/mol. The molecule has 3 N–H and O–H groups in total. The lowest BCUT2D eigenvalue weighted by Crippen LogP contribution is -1.98. The predicted molar refractivity (Wildman–Crippen MR) is 61.2 cm³/mol. The average molecular weight is 221 g/mol. The summed E-state index contributed by atoms with van der Waals surface area (Å²) in [7, 11) is 0. The summed E-state index contributed by atoms with van der Waals surface area (Å²) in [4.78, 5) is 7.81. The van der Waals surface area contributed by atoms with Crippen LogP contribution in [0.3, 0.4) is 0 Å². The third kappa shape index (κ3) is 2.57. The summed E-state index contributed by atoms with van der Waals surface area (Å²) in [5.74, 6) is 0.902. The van der Waals surface area contributed by atoms with Gasteiger partial charge in [0.2, 0.25) is 5.95 Å². The van der Waals surface area contributed by atoms with Crippen molar-refractivity contribution in [1.29, 1.82) is 0 Å². The molecule has 0 fully saturated rings. The Morgan fingerprint density at radius 2 is 1.87 bits per heavy atom. The number of anilines is 3. The Labute approximate surface area is 92.1 Å². The molecule has 0 amide bonds. The van der Waals surface area contributed by atoms with Crippen molar-refractivity contribution in [3.63, 3.8) is 0 Å². The molecule has 2 aromatic rings. The van der Waals surface area contributed by atoms with Gasteiger partial charge in [-0.3, -0.25) is 0 Å². The molecule has 0 aliphatic rings. The fraction of sp³-hybridized carbons (Fsp3) is 0. The lowest BCUT2D eigenvalue weighted by Gasteiger charge is -2.05. The molecule has 0 spiro atoms. The SMILES string of the molecule is Nc1nccc(Nc2ccc(Cl)cc2)n1. The molecule has 0 radical (unpaired) electrons. The number of nitrogens with zero attached hydrogens (tertiary/aromatic N) is 2. The highest BCUT2D eigenvalue weighted by Crippen LogP contribution is 2.17. The van der Waals surface area contributed by atoms with Gasteiger partial charge in [0.25, 0.3) is 0 Å². The van der Waals surface area contributed by atoms with Gasteiger partial charge in [0, 0.05) is 16.9 Å². The molecule has 2 rings (SSSR count). The van der Waals surface area contributed by atoms with E-state index < -0.39 is 0 Å². The van der Waals surface area contributed by atoms with E-state index in [0.717, 1.165) is 5.69 Å². The highest BCUT2D eigenvalue weighted by Gasteiger charge is 1.96. The van der Waals surface area contributed by atoms with E-state index in [9.17, 15) is 0 Å². The van der Waals surface area contributed by atoms with Crippen molar-refractivity contribution in [2.45, 2.75) is 0 Å². The van der Waals surface area contributed by atoms with Crippen LogP contribution in [0.5, 0.6) is 0 Å². The number of halogens is 1. The summed E-state index contributed by atoms with van der Waals surface area (Å²) in [6.45, 7) is 0. The third-order valence-electron chi connectivity index (χ3n) is 1.79. The second-order valence-electron chi connectivity index (χ2n) is 2.93. The van der Waals surface area contributed by atoms with Crippen LogP contribution in [-0.2, 0) is 0 Å². The fourth-order valence-electron chi connectivity index (χ4n) is 1.12. The molecule has 0 bridgehead atoms. The number of aromatic nitrogens is 2. The average Bonchev–Trinajstić information content (AvgIpc) is 2.22. The Kier molecular flexibility index (Phi) is 2.69. The topological polar surface area (TPSA) is 63.8 Å². The molecule has 1 aromatic carbocycles. The monoisotopic (exact) mass is 220 g/mol. The Bertz CT molecular complexity index is 455. The van der Waals surface area contributed by atoms with E-state index in [1.807, 2.05) is 12.1 Å². The van der Waals surface area contributed by atoms with Crippen molar-refractivity contribution in [3.05, 3.63) is 41.6 Å². The largest absolute Gasteiger partial charge is 0.368 e. The minimum atomic E-state index is 0.244. The molecular formula is C10H9ClN4. The van der Waals surface area contributed by atoms with Gasteiger partial charge in [-0.25, -0.2) is 4.98 Å². The summed E-state index contributed by atoms with van der Waals surface area (Å²) in [5, 5.41) is 3.78. The highest BCUT2D eigenvalue weighted by atomic mass is 35.5. The third-order valence-corrected chi connectivity index (χ3v) is 2.04. The number of hydrogen-bond acceptors (Lipinski definition) is 4. The second-order valence-corrected chi connectivity index (χ2v) is 3.37. The summed E-state index contributed by atoms with van der Waals surface area (Å²) in [6.07, 6.45) is 1.60. The molecule has 0 atom stereocenters. The van der Waals surface area contributed by atoms with Crippen LogP contribution in [0.15, 0.2) is 36.5 Å². The summed E-state index contributed by atoms with van der Waals surface area (Å²) >= 11 is 5.77. The zero-order chi connectivity index (χ0) is 10.7. The van der Waals surface area contributed by atoms with Crippen molar-refractivity contribution in [1.82, 2.24) is 9.97 Å². The van der Waals surface area contributed by atoms with E-state index in [1.165, 1.54) is 0 Å². The molecule has 1 aromatic heterocycles. The van der Waals surface area contributed by atoms with Crippen molar-refractivity contribution < 1.29 is 0 Å². The van der Waals surface area contributed by atoms with Gasteiger partial charge in [-0.15, -0.1) is 0 Å². The molecule has 0 unspecified atom stereocenters. The van der Waals surface area contributed by atoms with Crippen LogP contribution in [0.25, 0.3) is 0 Å². The van der Waals surface area contributed by atoms with Crippen molar-refractivity contribution in [2.24, 2.45) is 0 Å². The van der Waals surface area contributed by atoms with E-state index >= 15 is 0 Å². The normalized spacial score (nSPS) is 9.93. The van der Waals surface area contributed by atoms with Crippen molar-refractivity contribution in [2.75, 3.05) is 11.1 Å². The van der Waals surface area contributed by atoms with E-state index in [-0.39, 0.29) is 5.95 Å². The van der Waals surface area contributed by atoms with Gasteiger partial charge >= 0.3 is 0 Å². The van der Waals surface area contributed by atoms with Gasteiger partial charge in [-0.05, 0) is 30.3 Å². The van der Waals surface area contributed by atoms with Crippen LogP contribution in [-0.4, -0.2) is 9.97 Å². The summed E-state index contributed by atoms with van der Waals surface area (Å²) < 4.78 is 0. The van der Waals surface area contributed by atoms with Crippen molar-refractivity contribution >= 4 is 29.1 Å². The number of nitrogens with two attached hydrogens (primary N) is 1. The fourth-order valence-corrected chi connectivity index (χ4v) is 1.25. The Morgan fingerprint density at radius 3 is 2.53 bits per heavy atom. The van der Waals surface area contributed by atoms with Gasteiger partial charge in [-0.2, -0.15) is 4.98 Å². The van der Waals surface area contributed by atoms with Crippen LogP contribution >= 0.6 is 11.6 Å². The highest BCUT2D eigenvalue weighted by molar-refractivity contribution is 6.30. The van der Waals surface area contributed by atoms with Gasteiger partial charge in [-0.1, -0.05) is 11.6 Å². The molecule has 1 heterocycles. The first-order chi connectivity index (χ1) is 7.24. The number of nitrogen functional groups attached to an aromatic ring is 1. The number of hydrogen-bond donors (Lipinski definition) is 2. The number of rotatable bonds is 2. The van der Waals surface area contributed by atoms with Crippen molar-refractivity contribution in [3.8, 4) is 0 Å². The van der Waals surface area contributed by atoms with E-state index in [0.29, 0.717) is 10.8 Å². The summed E-state index contributed by atoms with van der Waals surface area (Å²) in [6, 6.07) is 9.06. The van der Waals surface area contributed by atoms with E-state index in [2.05, 4.69) is 15.3 Å². The molecule has 4 nitrogen and oxygen atoms in total. The maximum atomic E-state index is 5.77. The Balaban J connectivity index is 2.18. The standard InChI is InChI=1S/C10H9ClN4/c11-7-1-3-8(4-2-7)14-9-5-6-13-10(12)15-9/h1-6H,(H3,12,13,14,15). The maximum Gasteiger partial charge on any atom is 0.221 e. The lowest BCUT2D eigenvalue weighted by molar-refractivity contribution is 1.18. The van der Waals surface area contributed by atoms with E-state index in [1.54, 1.807) is 24.4 Å². The Hall–Kier alpha value is -1.81. The van der Waals surface area contributed by atoms with Crippen LogP contribution in [0.1, 0.15) is 0 Å². The quantitative estimate of drug-likeness (QED) is 0.816. The van der Waals surface area contributed by atoms with E-state index in [4.69, 9.17) is 17.3 Å². The first kappa shape index (κ1) is 9.73. The zero-order valence-corrected chi connectivity index (χ0v) is 8.57. The number of nitrogens with one attached hydrogen (secondary N) is 1. The second kappa shape index (κ2) is 4.14. The van der Waals surface area contributed by atoms with Gasteiger partial charge in [0.05, 0.1) is 0 Å². The lowest BCUT2D eigenvalue weighted by atomic mass is 10.3. The molecule has 0 aliphatic heterocycles. The van der Waals surface area contributed by atoms with Crippen LogP contribution in [0.2, 0.25) is 5.02 Å². The molecule has 0 aliphatic carbocycles. The smallest absolute Gasteiger partial charge is 0.221 e. The molecule has 15 heavy (non-hydrogen) atoms. The first-order valence-electron chi connectivity index (χ1n) is 4.35.